The van der Waals surface area contributed by atoms with Crippen LogP contribution in [0.4, 0.5) is 22.7 Å². The molecule has 8 N–H and O–H groups in total. The van der Waals surface area contributed by atoms with E-state index in [1.54, 1.807) is 0 Å². The highest BCUT2D eigenvalue weighted by Gasteiger charge is 2.29. The van der Waals surface area contributed by atoms with Gasteiger partial charge < -0.3 is 22.9 Å². The van der Waals surface area contributed by atoms with E-state index in [1.165, 1.54) is 33.4 Å². The molecule has 4 heteroatoms. The number of hydrogen-bond acceptors (Lipinski definition) is 4. The van der Waals surface area contributed by atoms with Crippen molar-refractivity contribution in [1.29, 1.82) is 0 Å². The first kappa shape index (κ1) is 33.0. The third-order valence-corrected chi connectivity index (χ3v) is 9.33. The molecule has 0 spiro atoms. The Morgan fingerprint density at radius 2 is 0.886 bits per heavy atom. The molecule has 0 bridgehead atoms. The van der Waals surface area contributed by atoms with Gasteiger partial charge in [0.15, 0.2) is 0 Å². The maximum atomic E-state index is 6.59. The standard InChI is InChI=1S/C40H54N4/c1-23-15-28(16-24(2)37(23)43)20-32(30-17-25(3)38(44)26(4)18-30)31(29-12-14-36(42)34(22-29)40(8,9)10)19-27-11-13-35(41)33(21-27)39(5,6)7/h11-18,21-22,31-32H,19-20,41-44H2,1-10H3. The lowest BCUT2D eigenvalue weighted by Gasteiger charge is -2.32. The van der Waals surface area contributed by atoms with E-state index >= 15 is 0 Å². The lowest BCUT2D eigenvalue weighted by Crippen LogP contribution is -2.21. The topological polar surface area (TPSA) is 104 Å². The van der Waals surface area contributed by atoms with Gasteiger partial charge >= 0.3 is 0 Å². The van der Waals surface area contributed by atoms with Gasteiger partial charge in [-0.2, -0.15) is 0 Å². The van der Waals surface area contributed by atoms with Gasteiger partial charge in [0.2, 0.25) is 0 Å². The van der Waals surface area contributed by atoms with Gasteiger partial charge in [0.1, 0.15) is 0 Å². The number of rotatable bonds is 7. The van der Waals surface area contributed by atoms with Crippen LogP contribution >= 0.6 is 0 Å². The third-order valence-electron chi connectivity index (χ3n) is 9.33. The number of nitrogens with two attached hydrogens (primary N) is 4. The highest BCUT2D eigenvalue weighted by molar-refractivity contribution is 5.58. The maximum absolute atomic E-state index is 6.59. The van der Waals surface area contributed by atoms with Crippen LogP contribution < -0.4 is 22.9 Å². The largest absolute Gasteiger partial charge is 0.398 e. The highest BCUT2D eigenvalue weighted by Crippen LogP contribution is 2.43. The van der Waals surface area contributed by atoms with Crippen molar-refractivity contribution in [2.45, 2.75) is 105 Å². The average molecular weight is 591 g/mol. The van der Waals surface area contributed by atoms with Crippen molar-refractivity contribution in [3.63, 3.8) is 0 Å². The highest BCUT2D eigenvalue weighted by atomic mass is 14.6. The fraction of sp³-hybridized carbons (Fsp3) is 0.400. The van der Waals surface area contributed by atoms with E-state index in [2.05, 4.69) is 130 Å². The summed E-state index contributed by atoms with van der Waals surface area (Å²) < 4.78 is 0. The van der Waals surface area contributed by atoms with Gasteiger partial charge in [0.25, 0.3) is 0 Å². The number of aryl methyl sites for hydroxylation is 4. The summed E-state index contributed by atoms with van der Waals surface area (Å²) in [5, 5.41) is 0. The second-order valence-electron chi connectivity index (χ2n) is 15.1. The van der Waals surface area contributed by atoms with E-state index in [9.17, 15) is 0 Å². The SMILES string of the molecule is Cc1cc(CC(c2cc(C)c(N)c(C)c2)C(Cc2ccc(N)c(C(C)(C)C)c2)c2ccc(N)c(C(C)(C)C)c2)cc(C)c1N. The number of hydrogen-bond donors (Lipinski definition) is 4. The summed E-state index contributed by atoms with van der Waals surface area (Å²) in [5.74, 6) is 0.330. The van der Waals surface area contributed by atoms with Gasteiger partial charge in [-0.05, 0) is 131 Å². The molecule has 4 rings (SSSR count). The summed E-state index contributed by atoms with van der Waals surface area (Å²) >= 11 is 0. The van der Waals surface area contributed by atoms with Crippen LogP contribution in [0.3, 0.4) is 0 Å². The van der Waals surface area contributed by atoms with Gasteiger partial charge in [-0.1, -0.05) is 90.1 Å². The van der Waals surface area contributed by atoms with E-state index < -0.39 is 0 Å². The minimum absolute atomic E-state index is 0.0558. The Morgan fingerprint density at radius 1 is 0.477 bits per heavy atom. The van der Waals surface area contributed by atoms with Crippen LogP contribution in [0.25, 0.3) is 0 Å². The molecule has 2 atom stereocenters. The fourth-order valence-corrected chi connectivity index (χ4v) is 6.73. The van der Waals surface area contributed by atoms with Gasteiger partial charge in [0.05, 0.1) is 0 Å². The zero-order chi connectivity index (χ0) is 32.7. The van der Waals surface area contributed by atoms with Gasteiger partial charge in [-0.15, -0.1) is 0 Å². The summed E-state index contributed by atoms with van der Waals surface area (Å²) in [6, 6.07) is 22.4. The molecule has 0 amide bonds. The fourth-order valence-electron chi connectivity index (χ4n) is 6.73. The van der Waals surface area contributed by atoms with Crippen molar-refractivity contribution < 1.29 is 0 Å². The van der Waals surface area contributed by atoms with E-state index in [1.807, 2.05) is 0 Å². The Morgan fingerprint density at radius 3 is 1.39 bits per heavy atom. The Hall–Kier alpha value is -3.92. The maximum Gasteiger partial charge on any atom is 0.0373 e. The van der Waals surface area contributed by atoms with E-state index in [0.717, 1.165) is 57.8 Å². The Labute approximate surface area is 266 Å². The predicted molar refractivity (Wildman–Crippen MR) is 193 cm³/mol. The molecule has 0 aliphatic rings. The summed E-state index contributed by atoms with van der Waals surface area (Å²) in [4.78, 5) is 0. The molecular weight excluding hydrogens is 536 g/mol. The van der Waals surface area contributed by atoms with Crippen LogP contribution in [-0.4, -0.2) is 0 Å². The minimum Gasteiger partial charge on any atom is -0.398 e. The van der Waals surface area contributed by atoms with Gasteiger partial charge in [0, 0.05) is 22.7 Å². The Balaban J connectivity index is 1.99. The number of benzene rings is 4. The number of anilines is 4. The lowest BCUT2D eigenvalue weighted by atomic mass is 9.72. The van der Waals surface area contributed by atoms with Crippen LogP contribution in [0.5, 0.6) is 0 Å². The Bertz CT molecular complexity index is 1620. The normalized spacial score (nSPS) is 13.6. The molecule has 0 heterocycles. The molecule has 4 nitrogen and oxygen atoms in total. The molecule has 0 fully saturated rings. The Kier molecular flexibility index (Phi) is 9.17. The predicted octanol–water partition coefficient (Wildman–Crippen LogP) is 9.20. The van der Waals surface area contributed by atoms with Gasteiger partial charge in [-0.3, -0.25) is 0 Å². The summed E-state index contributed by atoms with van der Waals surface area (Å²) in [6.45, 7) is 21.8. The van der Waals surface area contributed by atoms with Crippen molar-refractivity contribution in [2.75, 3.05) is 22.9 Å². The molecular formula is C40H54N4. The second-order valence-corrected chi connectivity index (χ2v) is 15.1. The molecule has 0 radical (unpaired) electrons. The first-order valence-electron chi connectivity index (χ1n) is 15.9. The van der Waals surface area contributed by atoms with E-state index in [0.29, 0.717) is 0 Å². The van der Waals surface area contributed by atoms with Crippen molar-refractivity contribution in [2.24, 2.45) is 0 Å². The first-order valence-corrected chi connectivity index (χ1v) is 15.9. The molecule has 0 saturated carbocycles. The molecule has 4 aromatic rings. The van der Waals surface area contributed by atoms with Crippen molar-refractivity contribution in [3.05, 3.63) is 116 Å². The van der Waals surface area contributed by atoms with E-state index in [-0.39, 0.29) is 22.7 Å². The molecule has 44 heavy (non-hydrogen) atoms. The molecule has 0 aliphatic heterocycles. The molecule has 0 aliphatic carbocycles. The van der Waals surface area contributed by atoms with Gasteiger partial charge in [-0.25, -0.2) is 0 Å². The first-order chi connectivity index (χ1) is 20.4. The minimum atomic E-state index is -0.0830. The summed E-state index contributed by atoms with van der Waals surface area (Å²) in [6.07, 6.45) is 1.72. The number of nitrogen functional groups attached to an aromatic ring is 4. The van der Waals surface area contributed by atoms with E-state index in [4.69, 9.17) is 22.9 Å². The van der Waals surface area contributed by atoms with Crippen molar-refractivity contribution >= 4 is 22.7 Å². The molecule has 2 unspecified atom stereocenters. The zero-order valence-corrected chi connectivity index (χ0v) is 28.7. The smallest absolute Gasteiger partial charge is 0.0373 e. The van der Waals surface area contributed by atoms with Crippen molar-refractivity contribution in [3.8, 4) is 0 Å². The van der Waals surface area contributed by atoms with Crippen LogP contribution in [0.15, 0.2) is 60.7 Å². The summed E-state index contributed by atoms with van der Waals surface area (Å²) in [5.41, 5.74) is 41.2. The monoisotopic (exact) mass is 590 g/mol. The summed E-state index contributed by atoms with van der Waals surface area (Å²) in [7, 11) is 0. The van der Waals surface area contributed by atoms with Crippen LogP contribution in [0.1, 0.15) is 109 Å². The molecule has 4 aromatic carbocycles. The molecule has 0 aromatic heterocycles. The molecule has 234 valence electrons. The van der Waals surface area contributed by atoms with Crippen LogP contribution in [-0.2, 0) is 23.7 Å². The van der Waals surface area contributed by atoms with Crippen LogP contribution in [0.2, 0.25) is 0 Å². The lowest BCUT2D eigenvalue weighted by molar-refractivity contribution is 0.525. The quantitative estimate of drug-likeness (QED) is 0.161. The average Bonchev–Trinajstić information content (AvgIpc) is 2.92. The zero-order valence-electron chi connectivity index (χ0n) is 28.7. The third kappa shape index (κ3) is 7.07. The second kappa shape index (κ2) is 12.2. The van der Waals surface area contributed by atoms with Crippen molar-refractivity contribution in [1.82, 2.24) is 0 Å². The molecule has 0 saturated heterocycles. The van der Waals surface area contributed by atoms with Crippen LogP contribution in [0, 0.1) is 27.7 Å².